The molecule has 0 aromatic carbocycles. The van der Waals surface area contributed by atoms with E-state index >= 15 is 0 Å². The number of nitrogens with zero attached hydrogens (tertiary/aromatic N) is 1. The minimum Gasteiger partial charge on any atom is -0.506 e. The van der Waals surface area contributed by atoms with Gasteiger partial charge < -0.3 is 10.2 Å². The predicted molar refractivity (Wildman–Crippen MR) is 45.9 cm³/mol. The highest BCUT2D eigenvalue weighted by molar-refractivity contribution is 9.10. The number of carboxylic acid groups (broad SMARTS) is 1. The van der Waals surface area contributed by atoms with Crippen molar-refractivity contribution in [3.8, 4) is 5.75 Å². The summed E-state index contributed by atoms with van der Waals surface area (Å²) in [7, 11) is 0. The van der Waals surface area contributed by atoms with Crippen molar-refractivity contribution in [2.24, 2.45) is 0 Å². The molecule has 6 heteroatoms. The number of aromatic hydroxyl groups is 1. The van der Waals surface area contributed by atoms with E-state index in [1.165, 1.54) is 0 Å². The van der Waals surface area contributed by atoms with E-state index in [9.17, 15) is 9.59 Å². The molecule has 0 aliphatic heterocycles. The van der Waals surface area contributed by atoms with Crippen LogP contribution in [0.5, 0.6) is 5.75 Å². The first-order valence-corrected chi connectivity index (χ1v) is 3.93. The molecule has 0 aliphatic carbocycles. The van der Waals surface area contributed by atoms with Crippen molar-refractivity contribution >= 4 is 28.2 Å². The van der Waals surface area contributed by atoms with Crippen LogP contribution < -0.4 is 0 Å². The summed E-state index contributed by atoms with van der Waals surface area (Å²) in [6.45, 7) is 0. The Morgan fingerprint density at radius 2 is 2.23 bits per heavy atom. The molecule has 1 aromatic rings. The molecular weight excluding hydrogens is 242 g/mol. The van der Waals surface area contributed by atoms with Gasteiger partial charge in [0.05, 0.1) is 16.2 Å². The third-order valence-corrected chi connectivity index (χ3v) is 2.16. The standard InChI is InChI=1S/C7H4BrNO4/c8-5-3(2-10)4(11)1-9-6(5)7(12)13/h1-2,11H,(H,12,13). The summed E-state index contributed by atoms with van der Waals surface area (Å²) in [6, 6.07) is 0. The molecule has 68 valence electrons. The summed E-state index contributed by atoms with van der Waals surface area (Å²) in [4.78, 5) is 24.4. The van der Waals surface area contributed by atoms with Gasteiger partial charge in [0.15, 0.2) is 12.0 Å². The monoisotopic (exact) mass is 245 g/mol. The number of pyridine rings is 1. The molecule has 0 atom stereocenters. The van der Waals surface area contributed by atoms with Gasteiger partial charge in [-0.05, 0) is 15.9 Å². The topological polar surface area (TPSA) is 87.5 Å². The van der Waals surface area contributed by atoms with Crippen LogP contribution in [0.25, 0.3) is 0 Å². The Morgan fingerprint density at radius 1 is 1.62 bits per heavy atom. The van der Waals surface area contributed by atoms with Gasteiger partial charge in [-0.15, -0.1) is 0 Å². The number of aromatic carboxylic acids is 1. The van der Waals surface area contributed by atoms with Crippen LogP contribution >= 0.6 is 15.9 Å². The van der Waals surface area contributed by atoms with Gasteiger partial charge in [-0.1, -0.05) is 0 Å². The average molecular weight is 246 g/mol. The van der Waals surface area contributed by atoms with Crippen LogP contribution in [0.3, 0.4) is 0 Å². The van der Waals surface area contributed by atoms with E-state index in [2.05, 4.69) is 20.9 Å². The molecule has 0 fully saturated rings. The maximum Gasteiger partial charge on any atom is 0.355 e. The normalized spacial score (nSPS) is 9.62. The van der Waals surface area contributed by atoms with E-state index in [1.807, 2.05) is 0 Å². The van der Waals surface area contributed by atoms with Gasteiger partial charge in [-0.25, -0.2) is 9.78 Å². The van der Waals surface area contributed by atoms with Gasteiger partial charge in [0.1, 0.15) is 5.75 Å². The Hall–Kier alpha value is -1.43. The molecule has 2 N–H and O–H groups in total. The van der Waals surface area contributed by atoms with Crippen molar-refractivity contribution in [2.45, 2.75) is 0 Å². The molecule has 0 aliphatic rings. The Kier molecular flexibility index (Phi) is 2.62. The lowest BCUT2D eigenvalue weighted by Crippen LogP contribution is -2.03. The molecule has 0 spiro atoms. The van der Waals surface area contributed by atoms with E-state index in [4.69, 9.17) is 10.2 Å². The Morgan fingerprint density at radius 3 is 2.69 bits per heavy atom. The number of hydrogen-bond acceptors (Lipinski definition) is 4. The highest BCUT2D eigenvalue weighted by Gasteiger charge is 2.16. The molecule has 0 unspecified atom stereocenters. The smallest absolute Gasteiger partial charge is 0.355 e. The molecule has 13 heavy (non-hydrogen) atoms. The average Bonchev–Trinajstić information content (AvgIpc) is 2.04. The van der Waals surface area contributed by atoms with Crippen LogP contribution in [0.15, 0.2) is 10.7 Å². The summed E-state index contributed by atoms with van der Waals surface area (Å²) >= 11 is 2.86. The van der Waals surface area contributed by atoms with E-state index in [0.717, 1.165) is 6.20 Å². The summed E-state index contributed by atoms with van der Waals surface area (Å²) in [5.41, 5.74) is -0.424. The maximum absolute atomic E-state index is 10.5. The summed E-state index contributed by atoms with van der Waals surface area (Å²) < 4.78 is -0.0185. The van der Waals surface area contributed by atoms with Crippen LogP contribution in [0.4, 0.5) is 0 Å². The van der Waals surface area contributed by atoms with Crippen LogP contribution in [0, 0.1) is 0 Å². The van der Waals surface area contributed by atoms with E-state index in [-0.39, 0.29) is 21.5 Å². The second-order valence-electron chi connectivity index (χ2n) is 2.14. The Labute approximate surface area is 81.2 Å². The fraction of sp³-hybridized carbons (Fsp3) is 0. The zero-order valence-electron chi connectivity index (χ0n) is 6.19. The number of carboxylic acids is 1. The molecule has 5 nitrogen and oxygen atoms in total. The zero-order chi connectivity index (χ0) is 10.0. The molecule has 0 saturated carbocycles. The van der Waals surface area contributed by atoms with Gasteiger partial charge in [-0.2, -0.15) is 0 Å². The van der Waals surface area contributed by atoms with Gasteiger partial charge in [0, 0.05) is 0 Å². The first kappa shape index (κ1) is 9.66. The van der Waals surface area contributed by atoms with Crippen molar-refractivity contribution in [1.29, 1.82) is 0 Å². The third-order valence-electron chi connectivity index (χ3n) is 1.36. The molecule has 0 amide bonds. The zero-order valence-corrected chi connectivity index (χ0v) is 7.78. The number of aromatic nitrogens is 1. The lowest BCUT2D eigenvalue weighted by Gasteiger charge is -2.02. The number of rotatable bonds is 2. The third kappa shape index (κ3) is 1.67. The van der Waals surface area contributed by atoms with Gasteiger partial charge in [-0.3, -0.25) is 4.79 Å². The molecule has 0 radical (unpaired) electrons. The highest BCUT2D eigenvalue weighted by Crippen LogP contribution is 2.25. The summed E-state index contributed by atoms with van der Waals surface area (Å²) in [5.74, 6) is -1.62. The quantitative estimate of drug-likeness (QED) is 0.761. The Balaban J connectivity index is 3.44. The maximum atomic E-state index is 10.5. The molecule has 1 heterocycles. The Bertz CT molecular complexity index is 377. The van der Waals surface area contributed by atoms with Crippen molar-refractivity contribution in [3.63, 3.8) is 0 Å². The van der Waals surface area contributed by atoms with Crippen molar-refractivity contribution in [2.75, 3.05) is 0 Å². The van der Waals surface area contributed by atoms with Crippen LogP contribution in [-0.4, -0.2) is 27.5 Å². The summed E-state index contributed by atoms with van der Waals surface area (Å²) in [5, 5.41) is 17.7. The number of carbonyl (C=O) groups excluding carboxylic acids is 1. The number of carbonyl (C=O) groups is 2. The molecular formula is C7H4BrNO4. The molecule has 0 saturated heterocycles. The first-order valence-electron chi connectivity index (χ1n) is 3.14. The van der Waals surface area contributed by atoms with Crippen LogP contribution in [0.2, 0.25) is 0 Å². The molecule has 0 bridgehead atoms. The van der Waals surface area contributed by atoms with E-state index in [0.29, 0.717) is 6.29 Å². The molecule has 1 rings (SSSR count). The van der Waals surface area contributed by atoms with Crippen molar-refractivity contribution in [3.05, 3.63) is 21.9 Å². The number of hydrogen-bond donors (Lipinski definition) is 2. The van der Waals surface area contributed by atoms with Gasteiger partial charge in [0.25, 0.3) is 0 Å². The second-order valence-corrected chi connectivity index (χ2v) is 2.94. The fourth-order valence-corrected chi connectivity index (χ4v) is 1.32. The number of aldehydes is 1. The van der Waals surface area contributed by atoms with Crippen molar-refractivity contribution < 1.29 is 19.8 Å². The van der Waals surface area contributed by atoms with Gasteiger partial charge in [0.2, 0.25) is 0 Å². The number of halogens is 1. The van der Waals surface area contributed by atoms with E-state index < -0.39 is 5.97 Å². The largest absolute Gasteiger partial charge is 0.506 e. The minimum absolute atomic E-state index is 0.0185. The lowest BCUT2D eigenvalue weighted by molar-refractivity contribution is 0.0689. The lowest BCUT2D eigenvalue weighted by atomic mass is 10.2. The van der Waals surface area contributed by atoms with Crippen molar-refractivity contribution in [1.82, 2.24) is 4.98 Å². The highest BCUT2D eigenvalue weighted by atomic mass is 79.9. The van der Waals surface area contributed by atoms with E-state index in [1.54, 1.807) is 0 Å². The van der Waals surface area contributed by atoms with Crippen LogP contribution in [-0.2, 0) is 0 Å². The molecule has 1 aromatic heterocycles. The second kappa shape index (κ2) is 3.53. The summed E-state index contributed by atoms with van der Waals surface area (Å²) in [6.07, 6.45) is 1.27. The van der Waals surface area contributed by atoms with Crippen LogP contribution in [0.1, 0.15) is 20.8 Å². The first-order chi connectivity index (χ1) is 6.07. The fourth-order valence-electron chi connectivity index (χ4n) is 0.753. The SMILES string of the molecule is O=Cc1c(O)cnc(C(=O)O)c1Br. The predicted octanol–water partition coefficient (Wildman–Crippen LogP) is 1.06. The van der Waals surface area contributed by atoms with Gasteiger partial charge >= 0.3 is 5.97 Å². The minimum atomic E-state index is -1.27.